The monoisotopic (exact) mass is 399 g/mol. The molecule has 2 bridgehead atoms. The number of hydrogen-bond acceptors (Lipinski definition) is 3. The van der Waals surface area contributed by atoms with Crippen molar-refractivity contribution in [3.63, 3.8) is 0 Å². The van der Waals surface area contributed by atoms with Crippen molar-refractivity contribution >= 4 is 11.8 Å². The number of fused-ring (bicyclic) bond motifs is 2. The quantitative estimate of drug-likeness (QED) is 0.840. The van der Waals surface area contributed by atoms with E-state index in [-0.39, 0.29) is 48.3 Å². The standard InChI is InChI=1S/C22H23F2N3O2/c1-13-11-15(9-10-25-13)22(29)27-16-6-7-19(27)18(12-16)26-20(28)8-5-14-3-2-4-17(23)21(14)24/h2-4,9-11,16,18-19H,5-8,12H2,1H3,(H,26,28)/t16-,18+,19+/m1/s1. The van der Waals surface area contributed by atoms with Gasteiger partial charge in [-0.25, -0.2) is 8.78 Å². The molecule has 29 heavy (non-hydrogen) atoms. The lowest BCUT2D eigenvalue weighted by atomic mass is 9.95. The first kappa shape index (κ1) is 19.5. The Morgan fingerprint density at radius 2 is 2.07 bits per heavy atom. The fraction of sp³-hybridized carbons (Fsp3) is 0.409. The Hall–Kier alpha value is -2.83. The number of hydrogen-bond donors (Lipinski definition) is 1. The summed E-state index contributed by atoms with van der Waals surface area (Å²) in [5.41, 5.74) is 1.60. The van der Waals surface area contributed by atoms with Crippen molar-refractivity contribution in [3.05, 3.63) is 65.0 Å². The summed E-state index contributed by atoms with van der Waals surface area (Å²) in [6.07, 6.45) is 4.35. The topological polar surface area (TPSA) is 62.3 Å². The molecule has 0 unspecified atom stereocenters. The summed E-state index contributed by atoms with van der Waals surface area (Å²) in [5, 5.41) is 3.00. The van der Waals surface area contributed by atoms with Gasteiger partial charge in [0.15, 0.2) is 11.6 Å². The van der Waals surface area contributed by atoms with Gasteiger partial charge >= 0.3 is 0 Å². The smallest absolute Gasteiger partial charge is 0.254 e. The van der Waals surface area contributed by atoms with Crippen molar-refractivity contribution in [1.82, 2.24) is 15.2 Å². The zero-order valence-corrected chi connectivity index (χ0v) is 16.2. The van der Waals surface area contributed by atoms with Crippen LogP contribution in [-0.4, -0.2) is 39.8 Å². The van der Waals surface area contributed by atoms with Gasteiger partial charge in [-0.2, -0.15) is 0 Å². The molecule has 2 aliphatic heterocycles. The molecule has 0 aliphatic carbocycles. The molecule has 7 heteroatoms. The molecule has 0 saturated carbocycles. The Labute approximate surface area is 168 Å². The van der Waals surface area contributed by atoms with Crippen LogP contribution in [0.3, 0.4) is 0 Å². The Balaban J connectivity index is 1.37. The van der Waals surface area contributed by atoms with E-state index < -0.39 is 11.6 Å². The molecule has 2 saturated heterocycles. The predicted octanol–water partition coefficient (Wildman–Crippen LogP) is 3.16. The molecular formula is C22H23F2N3O2. The number of amides is 2. The van der Waals surface area contributed by atoms with Crippen LogP contribution < -0.4 is 5.32 Å². The number of carbonyl (C=O) groups is 2. The van der Waals surface area contributed by atoms with Crippen LogP contribution in [0.1, 0.15) is 47.3 Å². The molecule has 0 spiro atoms. The number of halogens is 2. The van der Waals surface area contributed by atoms with E-state index in [0.717, 1.165) is 31.0 Å². The molecule has 152 valence electrons. The van der Waals surface area contributed by atoms with Gasteiger partial charge in [-0.1, -0.05) is 12.1 Å². The first-order chi connectivity index (χ1) is 13.9. The third-order valence-corrected chi connectivity index (χ3v) is 5.91. The van der Waals surface area contributed by atoms with Crippen LogP contribution in [0.5, 0.6) is 0 Å². The minimum atomic E-state index is -0.906. The average molecular weight is 399 g/mol. The number of aromatic nitrogens is 1. The van der Waals surface area contributed by atoms with E-state index in [9.17, 15) is 18.4 Å². The number of pyridine rings is 1. The van der Waals surface area contributed by atoms with Crippen LogP contribution >= 0.6 is 0 Å². The lowest BCUT2D eigenvalue weighted by molar-refractivity contribution is -0.122. The SMILES string of the molecule is Cc1cc(C(=O)N2[C@@H]3CC[C@H]2[C@@H](NC(=O)CCc2cccc(F)c2F)C3)ccn1. The fourth-order valence-corrected chi connectivity index (χ4v) is 4.56. The van der Waals surface area contributed by atoms with Gasteiger partial charge in [-0.15, -0.1) is 0 Å². The largest absolute Gasteiger partial charge is 0.351 e. The summed E-state index contributed by atoms with van der Waals surface area (Å²) in [7, 11) is 0. The third-order valence-electron chi connectivity index (χ3n) is 5.91. The van der Waals surface area contributed by atoms with E-state index in [2.05, 4.69) is 10.3 Å². The van der Waals surface area contributed by atoms with Crippen molar-refractivity contribution in [2.45, 2.75) is 57.2 Å². The fourth-order valence-electron chi connectivity index (χ4n) is 4.56. The van der Waals surface area contributed by atoms with Gasteiger partial charge in [0, 0.05) is 29.9 Å². The zero-order valence-electron chi connectivity index (χ0n) is 16.2. The lowest BCUT2D eigenvalue weighted by Crippen LogP contribution is -2.45. The van der Waals surface area contributed by atoms with Gasteiger partial charge in [0.05, 0.1) is 12.1 Å². The van der Waals surface area contributed by atoms with Crippen LogP contribution in [0, 0.1) is 18.6 Å². The molecule has 1 aromatic carbocycles. The van der Waals surface area contributed by atoms with E-state index in [1.807, 2.05) is 11.8 Å². The molecule has 2 aromatic rings. The van der Waals surface area contributed by atoms with Crippen molar-refractivity contribution < 1.29 is 18.4 Å². The highest BCUT2D eigenvalue weighted by Gasteiger charge is 2.49. The molecule has 2 fully saturated rings. The molecular weight excluding hydrogens is 376 g/mol. The van der Waals surface area contributed by atoms with Gasteiger partial charge in [0.1, 0.15) is 0 Å². The Bertz CT molecular complexity index is 949. The molecule has 3 heterocycles. The van der Waals surface area contributed by atoms with Gasteiger partial charge in [0.25, 0.3) is 5.91 Å². The van der Waals surface area contributed by atoms with Crippen LogP contribution in [0.2, 0.25) is 0 Å². The maximum atomic E-state index is 13.8. The number of aryl methyl sites for hydroxylation is 2. The maximum Gasteiger partial charge on any atom is 0.254 e. The summed E-state index contributed by atoms with van der Waals surface area (Å²) < 4.78 is 27.1. The van der Waals surface area contributed by atoms with Crippen LogP contribution in [0.4, 0.5) is 8.78 Å². The molecule has 5 nitrogen and oxygen atoms in total. The Morgan fingerprint density at radius 1 is 1.24 bits per heavy atom. The highest BCUT2D eigenvalue weighted by Crippen LogP contribution is 2.38. The summed E-state index contributed by atoms with van der Waals surface area (Å²) in [6, 6.07) is 7.46. The van der Waals surface area contributed by atoms with Gasteiger partial charge in [-0.3, -0.25) is 14.6 Å². The van der Waals surface area contributed by atoms with Gasteiger partial charge in [-0.05, 0) is 56.4 Å². The molecule has 2 aliphatic rings. The number of carbonyl (C=O) groups excluding carboxylic acids is 2. The van der Waals surface area contributed by atoms with Crippen LogP contribution in [0.25, 0.3) is 0 Å². The molecule has 1 aromatic heterocycles. The van der Waals surface area contributed by atoms with Crippen molar-refractivity contribution in [2.75, 3.05) is 0 Å². The molecule has 3 atom stereocenters. The van der Waals surface area contributed by atoms with Crippen LogP contribution in [0.15, 0.2) is 36.5 Å². The number of benzene rings is 1. The summed E-state index contributed by atoms with van der Waals surface area (Å²) in [6.45, 7) is 1.85. The van der Waals surface area contributed by atoms with Gasteiger partial charge < -0.3 is 10.2 Å². The second kappa shape index (κ2) is 7.89. The van der Waals surface area contributed by atoms with E-state index >= 15 is 0 Å². The molecule has 0 radical (unpaired) electrons. The summed E-state index contributed by atoms with van der Waals surface area (Å²) in [4.78, 5) is 31.4. The highest BCUT2D eigenvalue weighted by atomic mass is 19.2. The second-order valence-electron chi connectivity index (χ2n) is 7.82. The minimum absolute atomic E-state index is 0.0263. The highest BCUT2D eigenvalue weighted by molar-refractivity contribution is 5.95. The molecule has 4 rings (SSSR count). The first-order valence-corrected chi connectivity index (χ1v) is 9.91. The lowest BCUT2D eigenvalue weighted by Gasteiger charge is -2.25. The maximum absolute atomic E-state index is 13.8. The Morgan fingerprint density at radius 3 is 2.86 bits per heavy atom. The van der Waals surface area contributed by atoms with Crippen molar-refractivity contribution in [3.8, 4) is 0 Å². The van der Waals surface area contributed by atoms with E-state index in [4.69, 9.17) is 0 Å². The molecule has 2 amide bonds. The molecule has 1 N–H and O–H groups in total. The van der Waals surface area contributed by atoms with Gasteiger partial charge in [0.2, 0.25) is 5.91 Å². The second-order valence-corrected chi connectivity index (χ2v) is 7.82. The first-order valence-electron chi connectivity index (χ1n) is 9.91. The normalized spacial score (nSPS) is 22.7. The Kier molecular flexibility index (Phi) is 5.30. The van der Waals surface area contributed by atoms with E-state index in [1.165, 1.54) is 12.1 Å². The number of nitrogens with one attached hydrogen (secondary N) is 1. The minimum Gasteiger partial charge on any atom is -0.351 e. The summed E-state index contributed by atoms with van der Waals surface area (Å²) >= 11 is 0. The number of rotatable bonds is 5. The van der Waals surface area contributed by atoms with Crippen molar-refractivity contribution in [2.24, 2.45) is 0 Å². The zero-order chi connectivity index (χ0) is 20.5. The average Bonchev–Trinajstić information content (AvgIpc) is 3.26. The number of nitrogens with zero attached hydrogens (tertiary/aromatic N) is 2. The third kappa shape index (κ3) is 3.86. The predicted molar refractivity (Wildman–Crippen MR) is 103 cm³/mol. The van der Waals surface area contributed by atoms with E-state index in [0.29, 0.717) is 5.56 Å². The van der Waals surface area contributed by atoms with Crippen molar-refractivity contribution in [1.29, 1.82) is 0 Å². The van der Waals surface area contributed by atoms with Crippen LogP contribution in [-0.2, 0) is 11.2 Å². The summed E-state index contributed by atoms with van der Waals surface area (Å²) in [5.74, 6) is -2.04. The van der Waals surface area contributed by atoms with E-state index in [1.54, 1.807) is 18.3 Å².